The molecule has 1 aromatic heterocycles. The number of likely N-dealkylation sites (tertiary alicyclic amines) is 1. The first kappa shape index (κ1) is 14.5. The normalized spacial score (nSPS) is 21.1. The van der Waals surface area contributed by atoms with Crippen molar-refractivity contribution in [1.29, 1.82) is 0 Å². The average molecular weight is 306 g/mol. The Balaban J connectivity index is 1.80. The van der Waals surface area contributed by atoms with Gasteiger partial charge in [0.1, 0.15) is 22.9 Å². The quantitative estimate of drug-likeness (QED) is 0.870. The lowest BCUT2D eigenvalue weighted by Crippen LogP contribution is -2.35. The molecular formula is C14H15FN4O3. The third-order valence-corrected chi connectivity index (χ3v) is 3.83. The Bertz CT molecular complexity index is 691. The van der Waals surface area contributed by atoms with Crippen LogP contribution in [0, 0.1) is 5.82 Å². The van der Waals surface area contributed by atoms with E-state index in [0.29, 0.717) is 24.4 Å². The Kier molecular flexibility index (Phi) is 3.53. The summed E-state index contributed by atoms with van der Waals surface area (Å²) in [5, 5.41) is 20.5. The zero-order valence-corrected chi connectivity index (χ0v) is 11.9. The molecule has 1 amide bonds. The van der Waals surface area contributed by atoms with Crippen molar-refractivity contribution in [2.24, 2.45) is 0 Å². The fourth-order valence-corrected chi connectivity index (χ4v) is 2.57. The van der Waals surface area contributed by atoms with Crippen molar-refractivity contribution in [3.8, 4) is 5.75 Å². The summed E-state index contributed by atoms with van der Waals surface area (Å²) >= 11 is 0. The second-order valence-electron chi connectivity index (χ2n) is 5.21. The summed E-state index contributed by atoms with van der Waals surface area (Å²) < 4.78 is 18.9. The smallest absolute Gasteiger partial charge is 0.256 e. The van der Waals surface area contributed by atoms with Crippen molar-refractivity contribution < 1.29 is 19.0 Å². The van der Waals surface area contributed by atoms with Crippen LogP contribution in [0.25, 0.3) is 0 Å². The first-order chi connectivity index (χ1) is 10.5. The van der Waals surface area contributed by atoms with Gasteiger partial charge in [0.05, 0.1) is 25.4 Å². The maximum absolute atomic E-state index is 14.0. The third-order valence-electron chi connectivity index (χ3n) is 3.83. The van der Waals surface area contributed by atoms with E-state index in [-0.39, 0.29) is 12.1 Å². The molecule has 1 fully saturated rings. The minimum absolute atomic E-state index is 0.0455. The number of rotatable bonds is 3. The van der Waals surface area contributed by atoms with E-state index in [0.717, 1.165) is 6.07 Å². The molecule has 1 aliphatic rings. The molecule has 1 unspecified atom stereocenters. The number of aromatic amines is 1. The monoisotopic (exact) mass is 306 g/mol. The minimum atomic E-state index is -1.26. The number of aliphatic hydroxyl groups is 1. The SMILES string of the molecule is COc1ccc(C(=O)N2CCC(O)(c3cn[nH]n3)C2)c(F)c1. The zero-order valence-electron chi connectivity index (χ0n) is 11.9. The summed E-state index contributed by atoms with van der Waals surface area (Å²) in [6.07, 6.45) is 1.74. The number of nitrogens with zero attached hydrogens (tertiary/aromatic N) is 3. The van der Waals surface area contributed by atoms with E-state index in [4.69, 9.17) is 4.74 Å². The Labute approximate surface area is 125 Å². The average Bonchev–Trinajstić information content (AvgIpc) is 3.16. The molecule has 0 bridgehead atoms. The highest BCUT2D eigenvalue weighted by Gasteiger charge is 2.42. The molecule has 2 heterocycles. The Morgan fingerprint density at radius 1 is 1.55 bits per heavy atom. The molecule has 0 saturated carbocycles. The van der Waals surface area contributed by atoms with Crippen molar-refractivity contribution in [1.82, 2.24) is 20.3 Å². The Hall–Kier alpha value is -2.48. The summed E-state index contributed by atoms with van der Waals surface area (Å²) in [5.41, 5.74) is -0.936. The molecule has 0 radical (unpaired) electrons. The number of β-amino-alcohol motifs (C(OH)–C–C–N with tert-alkyl or cyclic N) is 1. The lowest BCUT2D eigenvalue weighted by atomic mass is 10.00. The van der Waals surface area contributed by atoms with E-state index in [2.05, 4.69) is 15.4 Å². The molecule has 8 heteroatoms. The predicted octanol–water partition coefficient (Wildman–Crippen LogP) is 0.686. The van der Waals surface area contributed by atoms with Gasteiger partial charge in [0.15, 0.2) is 0 Å². The summed E-state index contributed by atoms with van der Waals surface area (Å²) in [4.78, 5) is 13.8. The number of nitrogens with one attached hydrogen (secondary N) is 1. The maximum Gasteiger partial charge on any atom is 0.256 e. The highest BCUT2D eigenvalue weighted by Crippen LogP contribution is 2.31. The van der Waals surface area contributed by atoms with E-state index in [9.17, 15) is 14.3 Å². The van der Waals surface area contributed by atoms with Gasteiger partial charge in [-0.2, -0.15) is 15.4 Å². The van der Waals surface area contributed by atoms with Crippen molar-refractivity contribution in [2.75, 3.05) is 20.2 Å². The molecule has 3 rings (SSSR count). The van der Waals surface area contributed by atoms with Gasteiger partial charge in [-0.3, -0.25) is 4.79 Å². The molecule has 116 valence electrons. The van der Waals surface area contributed by atoms with Crippen LogP contribution < -0.4 is 4.74 Å². The van der Waals surface area contributed by atoms with Gasteiger partial charge in [-0.1, -0.05) is 0 Å². The number of aromatic nitrogens is 3. The van der Waals surface area contributed by atoms with Crippen LogP contribution in [0.1, 0.15) is 22.5 Å². The third kappa shape index (κ3) is 2.41. The van der Waals surface area contributed by atoms with Crippen LogP contribution in [0.15, 0.2) is 24.4 Å². The van der Waals surface area contributed by atoms with Crippen molar-refractivity contribution in [2.45, 2.75) is 12.0 Å². The molecule has 1 atom stereocenters. The fourth-order valence-electron chi connectivity index (χ4n) is 2.57. The van der Waals surface area contributed by atoms with Gasteiger partial charge in [0, 0.05) is 19.0 Å². The largest absolute Gasteiger partial charge is 0.497 e. The lowest BCUT2D eigenvalue weighted by Gasteiger charge is -2.21. The van der Waals surface area contributed by atoms with Crippen LogP contribution >= 0.6 is 0 Å². The number of carbonyl (C=O) groups is 1. The minimum Gasteiger partial charge on any atom is -0.497 e. The molecule has 2 aromatic rings. The molecule has 7 nitrogen and oxygen atoms in total. The van der Waals surface area contributed by atoms with Gasteiger partial charge in [-0.15, -0.1) is 0 Å². The van der Waals surface area contributed by atoms with Gasteiger partial charge >= 0.3 is 0 Å². The highest BCUT2D eigenvalue weighted by molar-refractivity contribution is 5.95. The number of hydrogen-bond donors (Lipinski definition) is 2. The molecule has 1 saturated heterocycles. The van der Waals surface area contributed by atoms with Crippen LogP contribution in [0.3, 0.4) is 0 Å². The van der Waals surface area contributed by atoms with Crippen molar-refractivity contribution in [3.63, 3.8) is 0 Å². The van der Waals surface area contributed by atoms with E-state index in [1.54, 1.807) is 0 Å². The second-order valence-corrected chi connectivity index (χ2v) is 5.21. The standard InChI is InChI=1S/C14H15FN4O3/c1-22-9-2-3-10(11(15)6-9)13(20)19-5-4-14(21,8-19)12-7-16-18-17-12/h2-3,6-7,21H,4-5,8H2,1H3,(H,16,17,18). The Morgan fingerprint density at radius 2 is 2.36 bits per heavy atom. The number of methoxy groups -OCH3 is 1. The van der Waals surface area contributed by atoms with Crippen molar-refractivity contribution >= 4 is 5.91 Å². The van der Waals surface area contributed by atoms with E-state index in [1.807, 2.05) is 0 Å². The highest BCUT2D eigenvalue weighted by atomic mass is 19.1. The number of hydrogen-bond acceptors (Lipinski definition) is 5. The van der Waals surface area contributed by atoms with Gasteiger partial charge in [0.2, 0.25) is 0 Å². The van der Waals surface area contributed by atoms with E-state index in [1.165, 1.54) is 30.3 Å². The fraction of sp³-hybridized carbons (Fsp3) is 0.357. The molecule has 22 heavy (non-hydrogen) atoms. The van der Waals surface area contributed by atoms with Crippen LogP contribution in [-0.4, -0.2) is 51.5 Å². The number of benzene rings is 1. The van der Waals surface area contributed by atoms with Gasteiger partial charge in [-0.05, 0) is 12.1 Å². The number of halogens is 1. The van der Waals surface area contributed by atoms with Crippen LogP contribution in [0.4, 0.5) is 4.39 Å². The lowest BCUT2D eigenvalue weighted by molar-refractivity contribution is 0.0380. The maximum atomic E-state index is 14.0. The number of ether oxygens (including phenoxy) is 1. The van der Waals surface area contributed by atoms with Crippen LogP contribution in [-0.2, 0) is 5.60 Å². The molecule has 1 aliphatic heterocycles. The van der Waals surface area contributed by atoms with E-state index >= 15 is 0 Å². The first-order valence-electron chi connectivity index (χ1n) is 6.75. The summed E-state index contributed by atoms with van der Waals surface area (Å²) in [6.45, 7) is 0.359. The topological polar surface area (TPSA) is 91.3 Å². The molecule has 2 N–H and O–H groups in total. The molecule has 1 aromatic carbocycles. The number of carbonyl (C=O) groups excluding carboxylic acids is 1. The van der Waals surface area contributed by atoms with E-state index < -0.39 is 17.3 Å². The number of amides is 1. The summed E-state index contributed by atoms with van der Waals surface area (Å²) in [5.74, 6) is -0.782. The molecule has 0 aliphatic carbocycles. The van der Waals surface area contributed by atoms with Gasteiger partial charge < -0.3 is 14.7 Å². The van der Waals surface area contributed by atoms with Gasteiger partial charge in [-0.25, -0.2) is 4.39 Å². The van der Waals surface area contributed by atoms with Crippen LogP contribution in [0.5, 0.6) is 5.75 Å². The summed E-state index contributed by atoms with van der Waals surface area (Å²) in [7, 11) is 1.43. The molecule has 0 spiro atoms. The zero-order chi connectivity index (χ0) is 15.7. The first-order valence-corrected chi connectivity index (χ1v) is 6.75. The second kappa shape index (κ2) is 5.38. The summed E-state index contributed by atoms with van der Waals surface area (Å²) in [6, 6.07) is 4.06. The van der Waals surface area contributed by atoms with Crippen molar-refractivity contribution in [3.05, 3.63) is 41.5 Å². The van der Waals surface area contributed by atoms with Crippen LogP contribution in [0.2, 0.25) is 0 Å². The Morgan fingerprint density at radius 3 is 3.00 bits per heavy atom. The molecular weight excluding hydrogens is 291 g/mol. The van der Waals surface area contributed by atoms with Gasteiger partial charge in [0.25, 0.3) is 5.91 Å². The predicted molar refractivity (Wildman–Crippen MR) is 73.8 cm³/mol. The number of H-pyrrole nitrogens is 1.